The molecule has 27 heavy (non-hydrogen) atoms. The maximum atomic E-state index is 13.2. The van der Waals surface area contributed by atoms with E-state index in [1.807, 2.05) is 49.4 Å². The van der Waals surface area contributed by atoms with Crippen LogP contribution < -0.4 is 4.90 Å². The fraction of sp³-hybridized carbons (Fsp3) is 0.150. The minimum Gasteiger partial charge on any atom is -0.278 e. The van der Waals surface area contributed by atoms with E-state index >= 15 is 0 Å². The van der Waals surface area contributed by atoms with Crippen LogP contribution in [0.25, 0.3) is 10.2 Å². The van der Waals surface area contributed by atoms with Crippen molar-refractivity contribution in [3.8, 4) is 0 Å². The fourth-order valence-electron chi connectivity index (χ4n) is 2.87. The molecule has 0 aliphatic carbocycles. The third kappa shape index (κ3) is 3.46. The van der Waals surface area contributed by atoms with Gasteiger partial charge in [-0.15, -0.1) is 0 Å². The number of carbonyl (C=O) groups excluding carboxylic acids is 1. The van der Waals surface area contributed by atoms with E-state index in [2.05, 4.69) is 5.10 Å². The van der Waals surface area contributed by atoms with Gasteiger partial charge in [-0.25, -0.2) is 4.98 Å². The molecule has 0 N–H and O–H groups in total. The Morgan fingerprint density at radius 3 is 2.63 bits per heavy atom. The highest BCUT2D eigenvalue weighted by molar-refractivity contribution is 7.23. The van der Waals surface area contributed by atoms with Crippen LogP contribution in [0, 0.1) is 6.92 Å². The molecular weight excluding hydrogens is 380 g/mol. The van der Waals surface area contributed by atoms with Crippen molar-refractivity contribution in [2.75, 3.05) is 4.90 Å². The summed E-state index contributed by atoms with van der Waals surface area (Å²) in [5.41, 5.74) is 3.26. The first-order valence-corrected chi connectivity index (χ1v) is 9.63. The van der Waals surface area contributed by atoms with Gasteiger partial charge >= 0.3 is 0 Å². The molecule has 0 saturated heterocycles. The minimum atomic E-state index is -0.188. The number of fused-ring (bicyclic) bond motifs is 1. The monoisotopic (exact) mass is 396 g/mol. The van der Waals surface area contributed by atoms with E-state index in [1.54, 1.807) is 28.9 Å². The topological polar surface area (TPSA) is 51.0 Å². The molecule has 0 radical (unpaired) electrons. The van der Waals surface area contributed by atoms with E-state index in [-0.39, 0.29) is 5.91 Å². The van der Waals surface area contributed by atoms with Crippen LogP contribution in [0.4, 0.5) is 5.13 Å². The molecule has 4 rings (SSSR count). The summed E-state index contributed by atoms with van der Waals surface area (Å²) in [6, 6.07) is 15.4. The molecule has 2 heterocycles. The van der Waals surface area contributed by atoms with Gasteiger partial charge in [-0.05, 0) is 30.2 Å². The Kier molecular flexibility index (Phi) is 4.68. The number of aromatic nitrogens is 3. The predicted molar refractivity (Wildman–Crippen MR) is 110 cm³/mol. The van der Waals surface area contributed by atoms with E-state index in [9.17, 15) is 4.79 Å². The summed E-state index contributed by atoms with van der Waals surface area (Å²) in [7, 11) is 1.79. The van der Waals surface area contributed by atoms with Crippen LogP contribution in [0.1, 0.15) is 21.6 Å². The molecule has 0 aliphatic heterocycles. The van der Waals surface area contributed by atoms with Gasteiger partial charge in [-0.1, -0.05) is 59.3 Å². The van der Waals surface area contributed by atoms with Gasteiger partial charge in [0.1, 0.15) is 0 Å². The number of rotatable bonds is 4. The zero-order chi connectivity index (χ0) is 19.0. The molecule has 0 unspecified atom stereocenters. The maximum absolute atomic E-state index is 13.2. The highest BCUT2D eigenvalue weighted by Crippen LogP contribution is 2.36. The van der Waals surface area contributed by atoms with E-state index < -0.39 is 0 Å². The molecule has 0 aliphatic rings. The van der Waals surface area contributed by atoms with Gasteiger partial charge in [0.15, 0.2) is 10.8 Å². The summed E-state index contributed by atoms with van der Waals surface area (Å²) in [5.74, 6) is -0.188. The number of carbonyl (C=O) groups is 1. The summed E-state index contributed by atoms with van der Waals surface area (Å²) in [5, 5.41) is 5.52. The van der Waals surface area contributed by atoms with E-state index in [0.717, 1.165) is 21.3 Å². The standard InChI is InChI=1S/C20H17ClN4OS/c1-13-8-9-15(21)18-17(13)22-20(27-18)25(12-14-6-4-3-5-7-14)19(26)16-10-11-24(2)23-16/h3-11H,12H2,1-2H3. The number of thiazole rings is 1. The number of nitrogens with zero attached hydrogens (tertiary/aromatic N) is 4. The second kappa shape index (κ2) is 7.13. The first kappa shape index (κ1) is 17.7. The Morgan fingerprint density at radius 2 is 1.96 bits per heavy atom. The van der Waals surface area contributed by atoms with Crippen molar-refractivity contribution in [2.24, 2.45) is 7.05 Å². The number of benzene rings is 2. The van der Waals surface area contributed by atoms with E-state index in [4.69, 9.17) is 16.6 Å². The Balaban J connectivity index is 1.81. The van der Waals surface area contributed by atoms with Crippen LogP contribution in [0.15, 0.2) is 54.7 Å². The number of anilines is 1. The van der Waals surface area contributed by atoms with Crippen LogP contribution in [-0.4, -0.2) is 20.7 Å². The highest BCUT2D eigenvalue weighted by atomic mass is 35.5. The number of hydrogen-bond acceptors (Lipinski definition) is 4. The zero-order valence-electron chi connectivity index (χ0n) is 14.9. The number of amides is 1. The lowest BCUT2D eigenvalue weighted by Crippen LogP contribution is -2.30. The Hall–Kier alpha value is -2.70. The lowest BCUT2D eigenvalue weighted by molar-refractivity contribution is 0.0979. The van der Waals surface area contributed by atoms with Crippen LogP contribution in [0.2, 0.25) is 5.02 Å². The molecule has 7 heteroatoms. The second-order valence-electron chi connectivity index (χ2n) is 6.29. The molecular formula is C20H17ClN4OS. The fourth-order valence-corrected chi connectivity index (χ4v) is 4.18. The molecule has 4 aromatic rings. The van der Waals surface area contributed by atoms with Gasteiger partial charge in [-0.3, -0.25) is 14.4 Å². The summed E-state index contributed by atoms with van der Waals surface area (Å²) in [6.07, 6.45) is 1.76. The van der Waals surface area contributed by atoms with Gasteiger partial charge in [0.25, 0.3) is 5.91 Å². The molecule has 0 spiro atoms. The Labute approximate surface area is 165 Å². The van der Waals surface area contributed by atoms with Crippen LogP contribution in [-0.2, 0) is 13.6 Å². The van der Waals surface area contributed by atoms with Crippen molar-refractivity contribution in [2.45, 2.75) is 13.5 Å². The van der Waals surface area contributed by atoms with Crippen molar-refractivity contribution in [3.05, 3.63) is 76.6 Å². The van der Waals surface area contributed by atoms with Gasteiger partial charge in [0.05, 0.1) is 21.8 Å². The first-order valence-electron chi connectivity index (χ1n) is 8.44. The van der Waals surface area contributed by atoms with Crippen molar-refractivity contribution in [1.82, 2.24) is 14.8 Å². The molecule has 0 atom stereocenters. The third-order valence-corrected chi connectivity index (χ3v) is 5.82. The maximum Gasteiger partial charge on any atom is 0.280 e. The van der Waals surface area contributed by atoms with Gasteiger partial charge < -0.3 is 0 Å². The third-order valence-electron chi connectivity index (χ3n) is 4.28. The molecule has 0 saturated carbocycles. The van der Waals surface area contributed by atoms with Crippen molar-refractivity contribution >= 4 is 44.2 Å². The molecule has 0 bridgehead atoms. The number of halogens is 1. The quantitative estimate of drug-likeness (QED) is 0.496. The van der Waals surface area contributed by atoms with Crippen molar-refractivity contribution < 1.29 is 4.79 Å². The number of hydrogen-bond donors (Lipinski definition) is 0. The lowest BCUT2D eigenvalue weighted by Gasteiger charge is -2.19. The van der Waals surface area contributed by atoms with Gasteiger partial charge in [0.2, 0.25) is 0 Å². The largest absolute Gasteiger partial charge is 0.280 e. The first-order chi connectivity index (χ1) is 13.0. The van der Waals surface area contributed by atoms with Crippen molar-refractivity contribution in [1.29, 1.82) is 0 Å². The van der Waals surface area contributed by atoms with Crippen molar-refractivity contribution in [3.63, 3.8) is 0 Å². The van der Waals surface area contributed by atoms with Crippen LogP contribution >= 0.6 is 22.9 Å². The Morgan fingerprint density at radius 1 is 1.19 bits per heavy atom. The number of aryl methyl sites for hydroxylation is 2. The molecule has 1 amide bonds. The molecule has 2 aromatic heterocycles. The normalized spacial score (nSPS) is 11.1. The SMILES string of the molecule is Cc1ccc(Cl)c2sc(N(Cc3ccccc3)C(=O)c3ccn(C)n3)nc12. The lowest BCUT2D eigenvalue weighted by atomic mass is 10.2. The molecule has 136 valence electrons. The molecule has 5 nitrogen and oxygen atoms in total. The van der Waals surface area contributed by atoms with Gasteiger partial charge in [0, 0.05) is 13.2 Å². The smallest absolute Gasteiger partial charge is 0.278 e. The van der Waals surface area contributed by atoms with Gasteiger partial charge in [-0.2, -0.15) is 5.10 Å². The van der Waals surface area contributed by atoms with E-state index in [1.165, 1.54) is 11.3 Å². The summed E-state index contributed by atoms with van der Waals surface area (Å²) in [4.78, 5) is 19.6. The van der Waals surface area contributed by atoms with Crippen LogP contribution in [0.5, 0.6) is 0 Å². The van der Waals surface area contributed by atoms with E-state index in [0.29, 0.717) is 22.4 Å². The highest BCUT2D eigenvalue weighted by Gasteiger charge is 2.24. The summed E-state index contributed by atoms with van der Waals surface area (Å²) in [6.45, 7) is 2.40. The minimum absolute atomic E-state index is 0.188. The molecule has 2 aromatic carbocycles. The average Bonchev–Trinajstić information content (AvgIpc) is 3.30. The summed E-state index contributed by atoms with van der Waals surface area (Å²) < 4.78 is 2.51. The summed E-state index contributed by atoms with van der Waals surface area (Å²) >= 11 is 7.78. The second-order valence-corrected chi connectivity index (χ2v) is 7.67. The molecule has 0 fully saturated rings. The average molecular weight is 397 g/mol. The Bertz CT molecular complexity index is 1080. The zero-order valence-corrected chi connectivity index (χ0v) is 16.5. The van der Waals surface area contributed by atoms with Crippen LogP contribution in [0.3, 0.4) is 0 Å². The predicted octanol–water partition coefficient (Wildman–Crippen LogP) is 4.84.